The third kappa shape index (κ3) is 3.90. The minimum Gasteiger partial charge on any atom is -0.460 e. The summed E-state index contributed by atoms with van der Waals surface area (Å²) in [5, 5.41) is 48.0. The highest BCUT2D eigenvalue weighted by Gasteiger charge is 2.44. The standard InChI is InChI=1S/C21H25N3O6/c1-2-12-6-8-13(9-7-12)10-24-17-14(22-23-24)4-3-5-15(17)29-21-20(28)19(27)18(26)16(11-25)30-21/h3-9,16,18-21,25-28H,2,10-11H2,1H3. The first-order chi connectivity index (χ1) is 14.5. The quantitative estimate of drug-likeness (QED) is 0.450. The molecule has 4 rings (SSSR count). The monoisotopic (exact) mass is 415 g/mol. The van der Waals surface area contributed by atoms with Crippen LogP contribution in [0.5, 0.6) is 5.75 Å². The highest BCUT2D eigenvalue weighted by Crippen LogP contribution is 2.29. The van der Waals surface area contributed by atoms with Crippen molar-refractivity contribution in [3.05, 3.63) is 53.6 Å². The molecule has 0 bridgehead atoms. The van der Waals surface area contributed by atoms with Gasteiger partial charge < -0.3 is 29.9 Å². The van der Waals surface area contributed by atoms with E-state index >= 15 is 0 Å². The molecule has 0 radical (unpaired) electrons. The number of rotatable bonds is 6. The molecule has 30 heavy (non-hydrogen) atoms. The molecule has 2 heterocycles. The first-order valence-electron chi connectivity index (χ1n) is 9.89. The molecular weight excluding hydrogens is 390 g/mol. The average molecular weight is 415 g/mol. The lowest BCUT2D eigenvalue weighted by atomic mass is 9.99. The molecule has 9 nitrogen and oxygen atoms in total. The molecule has 1 aliphatic rings. The number of aryl methyl sites for hydroxylation is 1. The van der Waals surface area contributed by atoms with E-state index in [4.69, 9.17) is 9.47 Å². The van der Waals surface area contributed by atoms with Gasteiger partial charge in [-0.05, 0) is 29.7 Å². The summed E-state index contributed by atoms with van der Waals surface area (Å²) in [6.45, 7) is 2.04. The summed E-state index contributed by atoms with van der Waals surface area (Å²) >= 11 is 0. The van der Waals surface area contributed by atoms with E-state index in [2.05, 4.69) is 29.4 Å². The second-order valence-corrected chi connectivity index (χ2v) is 7.36. The molecule has 0 aliphatic carbocycles. The molecule has 5 atom stereocenters. The van der Waals surface area contributed by atoms with Gasteiger partial charge in [0.15, 0.2) is 5.75 Å². The Morgan fingerprint density at radius 2 is 1.73 bits per heavy atom. The molecule has 5 unspecified atom stereocenters. The maximum absolute atomic E-state index is 10.3. The van der Waals surface area contributed by atoms with Gasteiger partial charge in [-0.25, -0.2) is 4.68 Å². The van der Waals surface area contributed by atoms with Gasteiger partial charge in [0.05, 0.1) is 13.2 Å². The number of fused-ring (bicyclic) bond motifs is 1. The van der Waals surface area contributed by atoms with Crippen molar-refractivity contribution < 1.29 is 29.9 Å². The lowest BCUT2D eigenvalue weighted by Crippen LogP contribution is -2.60. The molecule has 3 aromatic rings. The maximum Gasteiger partial charge on any atom is 0.229 e. The number of para-hydroxylation sites is 1. The molecule has 1 saturated heterocycles. The van der Waals surface area contributed by atoms with E-state index in [-0.39, 0.29) is 0 Å². The summed E-state index contributed by atoms with van der Waals surface area (Å²) in [6.07, 6.45) is -5.82. The Kier molecular flexibility index (Phi) is 5.98. The molecular formula is C21H25N3O6. The number of nitrogens with zero attached hydrogens (tertiary/aromatic N) is 3. The Hall–Kier alpha value is -2.56. The van der Waals surface area contributed by atoms with Gasteiger partial charge in [0.2, 0.25) is 6.29 Å². The number of benzene rings is 2. The lowest BCUT2D eigenvalue weighted by Gasteiger charge is -2.39. The van der Waals surface area contributed by atoms with Crippen LogP contribution in [0.3, 0.4) is 0 Å². The Morgan fingerprint density at radius 3 is 2.43 bits per heavy atom. The second kappa shape index (κ2) is 8.66. The average Bonchev–Trinajstić information content (AvgIpc) is 3.18. The molecule has 2 aromatic carbocycles. The van der Waals surface area contributed by atoms with Gasteiger partial charge >= 0.3 is 0 Å². The van der Waals surface area contributed by atoms with Crippen molar-refractivity contribution in [1.82, 2.24) is 15.0 Å². The van der Waals surface area contributed by atoms with Gasteiger partial charge in [-0.2, -0.15) is 0 Å². The molecule has 1 aromatic heterocycles. The summed E-state index contributed by atoms with van der Waals surface area (Å²) in [6, 6.07) is 13.4. The van der Waals surface area contributed by atoms with E-state index in [1.165, 1.54) is 5.56 Å². The van der Waals surface area contributed by atoms with Crippen molar-refractivity contribution in [2.75, 3.05) is 6.61 Å². The molecule has 0 saturated carbocycles. The van der Waals surface area contributed by atoms with E-state index in [0.29, 0.717) is 23.3 Å². The fraction of sp³-hybridized carbons (Fsp3) is 0.429. The molecule has 4 N–H and O–H groups in total. The third-order valence-electron chi connectivity index (χ3n) is 5.35. The number of hydrogen-bond donors (Lipinski definition) is 4. The van der Waals surface area contributed by atoms with Crippen LogP contribution in [0.25, 0.3) is 11.0 Å². The van der Waals surface area contributed by atoms with Gasteiger partial charge in [-0.3, -0.25) is 0 Å². The molecule has 0 spiro atoms. The molecule has 0 amide bonds. The summed E-state index contributed by atoms with van der Waals surface area (Å²) in [7, 11) is 0. The minimum atomic E-state index is -1.51. The summed E-state index contributed by atoms with van der Waals surface area (Å²) in [4.78, 5) is 0. The fourth-order valence-corrected chi connectivity index (χ4v) is 3.55. The van der Waals surface area contributed by atoms with Crippen molar-refractivity contribution in [3.8, 4) is 5.75 Å². The molecule has 160 valence electrons. The van der Waals surface area contributed by atoms with Crippen LogP contribution in [-0.2, 0) is 17.7 Å². The van der Waals surface area contributed by atoms with Crippen LogP contribution in [0.1, 0.15) is 18.1 Å². The second-order valence-electron chi connectivity index (χ2n) is 7.36. The van der Waals surface area contributed by atoms with Crippen molar-refractivity contribution in [1.29, 1.82) is 0 Å². The van der Waals surface area contributed by atoms with E-state index in [1.54, 1.807) is 22.9 Å². The van der Waals surface area contributed by atoms with Crippen LogP contribution in [0.2, 0.25) is 0 Å². The van der Waals surface area contributed by atoms with E-state index in [9.17, 15) is 20.4 Å². The van der Waals surface area contributed by atoms with Crippen LogP contribution in [0.4, 0.5) is 0 Å². The SMILES string of the molecule is CCc1ccc(Cn2nnc3cccc(OC4OC(CO)C(O)C(O)C4O)c32)cc1. The van der Waals surface area contributed by atoms with Crippen molar-refractivity contribution in [2.24, 2.45) is 0 Å². The highest BCUT2D eigenvalue weighted by molar-refractivity contribution is 5.81. The van der Waals surface area contributed by atoms with E-state index in [0.717, 1.165) is 12.0 Å². The number of aromatic nitrogens is 3. The predicted octanol–water partition coefficient (Wildman–Crippen LogP) is 0.221. The van der Waals surface area contributed by atoms with Crippen molar-refractivity contribution in [2.45, 2.75) is 50.6 Å². The van der Waals surface area contributed by atoms with Gasteiger partial charge in [-0.15, -0.1) is 5.10 Å². The smallest absolute Gasteiger partial charge is 0.229 e. The Morgan fingerprint density at radius 1 is 1.00 bits per heavy atom. The molecule has 9 heteroatoms. The zero-order valence-corrected chi connectivity index (χ0v) is 16.5. The topological polar surface area (TPSA) is 130 Å². The van der Waals surface area contributed by atoms with Crippen LogP contribution >= 0.6 is 0 Å². The molecule has 1 fully saturated rings. The van der Waals surface area contributed by atoms with Gasteiger partial charge in [0.1, 0.15) is 35.4 Å². The van der Waals surface area contributed by atoms with Crippen LogP contribution < -0.4 is 4.74 Å². The Balaban J connectivity index is 1.62. The number of aliphatic hydroxyl groups is 4. The Bertz CT molecular complexity index is 990. The molecule has 1 aliphatic heterocycles. The third-order valence-corrected chi connectivity index (χ3v) is 5.35. The van der Waals surface area contributed by atoms with Crippen molar-refractivity contribution >= 4 is 11.0 Å². The van der Waals surface area contributed by atoms with Gasteiger partial charge in [-0.1, -0.05) is 42.5 Å². The normalized spacial score (nSPS) is 26.8. The lowest BCUT2D eigenvalue weighted by molar-refractivity contribution is -0.277. The van der Waals surface area contributed by atoms with Crippen molar-refractivity contribution in [3.63, 3.8) is 0 Å². The zero-order chi connectivity index (χ0) is 21.3. The van der Waals surface area contributed by atoms with Gasteiger partial charge in [0, 0.05) is 0 Å². The number of aliphatic hydroxyl groups excluding tert-OH is 4. The minimum absolute atomic E-state index is 0.354. The summed E-state index contributed by atoms with van der Waals surface area (Å²) in [5.41, 5.74) is 3.49. The van der Waals surface area contributed by atoms with Crippen LogP contribution in [0.15, 0.2) is 42.5 Å². The van der Waals surface area contributed by atoms with E-state index in [1.807, 2.05) is 12.1 Å². The van der Waals surface area contributed by atoms with Crippen LogP contribution in [0, 0.1) is 0 Å². The Labute approximate surface area is 173 Å². The van der Waals surface area contributed by atoms with Crippen LogP contribution in [-0.4, -0.2) is 72.7 Å². The first-order valence-corrected chi connectivity index (χ1v) is 9.89. The summed E-state index contributed by atoms with van der Waals surface area (Å²) < 4.78 is 13.0. The fourth-order valence-electron chi connectivity index (χ4n) is 3.55. The maximum atomic E-state index is 10.3. The zero-order valence-electron chi connectivity index (χ0n) is 16.5. The number of hydrogen-bond acceptors (Lipinski definition) is 8. The number of ether oxygens (including phenoxy) is 2. The predicted molar refractivity (Wildman–Crippen MR) is 107 cm³/mol. The van der Waals surface area contributed by atoms with Gasteiger partial charge in [0.25, 0.3) is 0 Å². The highest BCUT2D eigenvalue weighted by atomic mass is 16.7. The summed E-state index contributed by atoms with van der Waals surface area (Å²) in [5.74, 6) is 0.354. The van der Waals surface area contributed by atoms with E-state index < -0.39 is 37.3 Å². The largest absolute Gasteiger partial charge is 0.460 e. The first kappa shape index (κ1) is 20.7.